The van der Waals surface area contributed by atoms with Crippen LogP contribution in [0.4, 0.5) is 13.4 Å². The van der Waals surface area contributed by atoms with Gasteiger partial charge >= 0.3 is 13.4 Å². The van der Waals surface area contributed by atoms with Gasteiger partial charge in [0.2, 0.25) is 0 Å². The lowest BCUT2D eigenvalue weighted by Crippen LogP contribution is -2.33. The van der Waals surface area contributed by atoms with Gasteiger partial charge in [0, 0.05) is 6.54 Å². The molecule has 0 radical (unpaired) electrons. The van der Waals surface area contributed by atoms with E-state index in [9.17, 15) is 13.4 Å². The van der Waals surface area contributed by atoms with Crippen molar-refractivity contribution in [3.63, 3.8) is 0 Å². The van der Waals surface area contributed by atoms with E-state index >= 15 is 0 Å². The molecule has 0 aromatic carbocycles. The van der Waals surface area contributed by atoms with Crippen molar-refractivity contribution in [3.8, 4) is 0 Å². The molecule has 0 spiro atoms. The molecular weight excluding hydrogens is 191 g/mol. The summed E-state index contributed by atoms with van der Waals surface area (Å²) < 4.78 is 28.3. The molecule has 0 atom stereocenters. The number of hydrogen-bond acceptors (Lipinski definition) is 2. The van der Waals surface area contributed by atoms with Crippen molar-refractivity contribution in [1.82, 2.24) is 5.32 Å². The lowest BCUT2D eigenvalue weighted by molar-refractivity contribution is 0.0527. The number of amides is 1. The zero-order valence-electron chi connectivity index (χ0n) is 8.77. The van der Waals surface area contributed by atoms with E-state index in [2.05, 4.69) is 5.32 Å². The number of nitrogens with one attached hydrogen (secondary N) is 1. The van der Waals surface area contributed by atoms with Crippen LogP contribution in [0.2, 0.25) is 6.32 Å². The Morgan fingerprint density at radius 2 is 2.00 bits per heavy atom. The van der Waals surface area contributed by atoms with Gasteiger partial charge in [0.25, 0.3) is 0 Å². The van der Waals surface area contributed by atoms with Crippen molar-refractivity contribution >= 4 is 13.4 Å². The quantitative estimate of drug-likeness (QED) is 0.567. The lowest BCUT2D eigenvalue weighted by Gasteiger charge is -2.19. The Balaban J connectivity index is 3.46. The highest BCUT2D eigenvalue weighted by atomic mass is 19.2. The van der Waals surface area contributed by atoms with Crippen molar-refractivity contribution in [2.24, 2.45) is 0 Å². The van der Waals surface area contributed by atoms with Crippen LogP contribution in [0.15, 0.2) is 0 Å². The van der Waals surface area contributed by atoms with E-state index in [1.54, 1.807) is 20.8 Å². The van der Waals surface area contributed by atoms with Crippen LogP contribution in [0.25, 0.3) is 0 Å². The van der Waals surface area contributed by atoms with E-state index in [0.717, 1.165) is 0 Å². The van der Waals surface area contributed by atoms with Gasteiger partial charge in [-0.3, -0.25) is 8.63 Å². The normalized spacial score (nSPS) is 10.9. The van der Waals surface area contributed by atoms with Crippen LogP contribution in [-0.4, -0.2) is 25.5 Å². The van der Waals surface area contributed by atoms with E-state index in [4.69, 9.17) is 4.74 Å². The fourth-order valence-electron chi connectivity index (χ4n) is 0.761. The molecule has 14 heavy (non-hydrogen) atoms. The molecule has 0 saturated carbocycles. The maximum Gasteiger partial charge on any atom is 0.538 e. The fourth-order valence-corrected chi connectivity index (χ4v) is 0.761. The predicted octanol–water partition coefficient (Wildman–Crippen LogP) is 2.33. The monoisotopic (exact) mass is 207 g/mol. The molecule has 0 aromatic rings. The number of rotatable bonds is 4. The maximum atomic E-state index is 11.7. The van der Waals surface area contributed by atoms with Crippen LogP contribution in [-0.2, 0) is 4.74 Å². The average Bonchev–Trinajstić information content (AvgIpc) is 1.94. The minimum Gasteiger partial charge on any atom is -0.444 e. The van der Waals surface area contributed by atoms with Crippen molar-refractivity contribution in [2.75, 3.05) is 6.54 Å². The van der Waals surface area contributed by atoms with Crippen molar-refractivity contribution < 1.29 is 18.2 Å². The van der Waals surface area contributed by atoms with E-state index in [1.165, 1.54) is 0 Å². The SMILES string of the molecule is CC(C)(C)OC(=O)NCCCB(F)F. The molecule has 0 saturated heterocycles. The fraction of sp³-hybridized carbons (Fsp3) is 0.875. The van der Waals surface area contributed by atoms with Gasteiger partial charge in [-0.2, -0.15) is 0 Å². The first kappa shape index (κ1) is 13.2. The molecule has 0 aliphatic rings. The Hall–Kier alpha value is -0.805. The highest BCUT2D eigenvalue weighted by Gasteiger charge is 2.16. The number of ether oxygens (including phenoxy) is 1. The van der Waals surface area contributed by atoms with Gasteiger partial charge in [-0.25, -0.2) is 4.79 Å². The zero-order chi connectivity index (χ0) is 11.2. The Morgan fingerprint density at radius 3 is 2.43 bits per heavy atom. The molecule has 0 unspecified atom stereocenters. The molecule has 0 aromatic heterocycles. The van der Waals surface area contributed by atoms with Crippen LogP contribution < -0.4 is 5.32 Å². The third-order valence-corrected chi connectivity index (χ3v) is 1.27. The standard InChI is InChI=1S/C8H16BF2NO2/c1-8(2,3)14-7(13)12-6-4-5-9(10)11/h4-6H2,1-3H3,(H,12,13). The van der Waals surface area contributed by atoms with E-state index < -0.39 is 19.0 Å². The molecule has 6 heteroatoms. The summed E-state index contributed by atoms with van der Waals surface area (Å²) in [6, 6.07) is 0. The third-order valence-electron chi connectivity index (χ3n) is 1.27. The Kier molecular flexibility index (Phi) is 5.49. The summed E-state index contributed by atoms with van der Waals surface area (Å²) in [5.74, 6) is 0. The van der Waals surface area contributed by atoms with Gasteiger partial charge in [-0.15, -0.1) is 0 Å². The molecule has 0 bridgehead atoms. The van der Waals surface area contributed by atoms with E-state index in [-0.39, 0.29) is 19.3 Å². The summed E-state index contributed by atoms with van der Waals surface area (Å²) in [6.45, 7) is 5.45. The molecular formula is C8H16BF2NO2. The summed E-state index contributed by atoms with van der Waals surface area (Å²) in [5, 5.41) is 2.40. The van der Waals surface area contributed by atoms with Gasteiger partial charge in [-0.05, 0) is 33.5 Å². The highest BCUT2D eigenvalue weighted by molar-refractivity contribution is 6.42. The molecule has 0 rings (SSSR count). The molecule has 1 N–H and O–H groups in total. The van der Waals surface area contributed by atoms with Crippen LogP contribution >= 0.6 is 0 Å². The van der Waals surface area contributed by atoms with Crippen molar-refractivity contribution in [1.29, 1.82) is 0 Å². The van der Waals surface area contributed by atoms with Crippen molar-refractivity contribution in [3.05, 3.63) is 0 Å². The summed E-state index contributed by atoms with van der Waals surface area (Å²) in [6.07, 6.45) is -0.501. The third kappa shape index (κ3) is 9.28. The van der Waals surface area contributed by atoms with E-state index in [1.807, 2.05) is 0 Å². The van der Waals surface area contributed by atoms with Gasteiger partial charge in [0.05, 0.1) is 0 Å². The summed E-state index contributed by atoms with van der Waals surface area (Å²) in [7, 11) is -2.31. The van der Waals surface area contributed by atoms with Crippen LogP contribution in [0.5, 0.6) is 0 Å². The van der Waals surface area contributed by atoms with Crippen LogP contribution in [0.3, 0.4) is 0 Å². The van der Waals surface area contributed by atoms with Crippen LogP contribution in [0, 0.1) is 0 Å². The smallest absolute Gasteiger partial charge is 0.444 e. The first-order chi connectivity index (χ1) is 6.31. The number of carbonyl (C=O) groups excluding carboxylic acids is 1. The summed E-state index contributed by atoms with van der Waals surface area (Å²) >= 11 is 0. The number of alkyl carbamates (subject to hydrolysis) is 1. The second-order valence-electron chi connectivity index (χ2n) is 3.96. The molecule has 0 fully saturated rings. The first-order valence-electron chi connectivity index (χ1n) is 4.56. The number of hydrogen-bond donors (Lipinski definition) is 1. The minimum atomic E-state index is -2.31. The molecule has 1 amide bonds. The largest absolute Gasteiger partial charge is 0.538 e. The second kappa shape index (κ2) is 5.83. The Labute approximate surface area is 83.4 Å². The molecule has 3 nitrogen and oxygen atoms in total. The van der Waals surface area contributed by atoms with Gasteiger partial charge < -0.3 is 10.1 Å². The summed E-state index contributed by atoms with van der Waals surface area (Å²) in [4.78, 5) is 11.0. The maximum absolute atomic E-state index is 11.7. The average molecular weight is 207 g/mol. The van der Waals surface area contributed by atoms with Crippen LogP contribution in [0.1, 0.15) is 27.2 Å². The van der Waals surface area contributed by atoms with Gasteiger partial charge in [0.15, 0.2) is 0 Å². The Bertz CT molecular complexity index is 183. The molecule has 82 valence electrons. The topological polar surface area (TPSA) is 38.3 Å². The number of carbonyl (C=O) groups is 1. The molecule has 0 aliphatic heterocycles. The van der Waals surface area contributed by atoms with Gasteiger partial charge in [0.1, 0.15) is 5.60 Å². The van der Waals surface area contributed by atoms with Gasteiger partial charge in [-0.1, -0.05) is 0 Å². The lowest BCUT2D eigenvalue weighted by atomic mass is 9.91. The number of halogens is 2. The first-order valence-corrected chi connectivity index (χ1v) is 4.56. The Morgan fingerprint density at radius 1 is 1.43 bits per heavy atom. The van der Waals surface area contributed by atoms with Crippen molar-refractivity contribution in [2.45, 2.75) is 39.1 Å². The van der Waals surface area contributed by atoms with E-state index in [0.29, 0.717) is 0 Å². The highest BCUT2D eigenvalue weighted by Crippen LogP contribution is 2.06. The summed E-state index contributed by atoms with van der Waals surface area (Å²) in [5.41, 5.74) is -0.549. The molecule has 0 aliphatic carbocycles. The minimum absolute atomic E-state index is 0.199. The second-order valence-corrected chi connectivity index (χ2v) is 3.96. The molecule has 0 heterocycles. The predicted molar refractivity (Wildman–Crippen MR) is 51.6 cm³/mol. The zero-order valence-corrected chi connectivity index (χ0v) is 8.77.